The summed E-state index contributed by atoms with van der Waals surface area (Å²) in [4.78, 5) is 10.6. The molecule has 1 aromatic heterocycles. The third-order valence-electron chi connectivity index (χ3n) is 2.43. The molecule has 0 saturated carbocycles. The maximum absolute atomic E-state index is 10.6. The number of carbonyl (C=O) groups is 1. The van der Waals surface area contributed by atoms with Gasteiger partial charge in [0.1, 0.15) is 5.03 Å². The van der Waals surface area contributed by atoms with Crippen LogP contribution in [0.5, 0.6) is 0 Å². The first-order valence-electron chi connectivity index (χ1n) is 5.69. The Morgan fingerprint density at radius 3 is 2.72 bits per heavy atom. The standard InChI is InChI=1S/C13H14N2O2S/c1-2-10-8-12(18-9-13(16)17)15(14-10)11-6-4-3-5-7-11/h3-8H,2,9H2,1H3,(H,16,17). The molecule has 0 aliphatic rings. The SMILES string of the molecule is CCc1cc(SCC(=O)O)n(-c2ccccc2)n1. The van der Waals surface area contributed by atoms with E-state index in [-0.39, 0.29) is 5.75 Å². The van der Waals surface area contributed by atoms with Gasteiger partial charge in [-0.05, 0) is 24.6 Å². The van der Waals surface area contributed by atoms with Gasteiger partial charge in [-0.1, -0.05) is 36.9 Å². The first-order valence-corrected chi connectivity index (χ1v) is 6.68. The molecule has 1 aromatic carbocycles. The summed E-state index contributed by atoms with van der Waals surface area (Å²) in [5.41, 5.74) is 1.91. The first kappa shape index (κ1) is 12.7. The van der Waals surface area contributed by atoms with Crippen molar-refractivity contribution in [3.05, 3.63) is 42.1 Å². The second-order valence-corrected chi connectivity index (χ2v) is 4.75. The maximum atomic E-state index is 10.6. The second kappa shape index (κ2) is 5.73. The Morgan fingerprint density at radius 1 is 1.39 bits per heavy atom. The molecule has 0 aliphatic heterocycles. The molecule has 0 saturated heterocycles. The number of para-hydroxylation sites is 1. The number of nitrogens with zero attached hydrogens (tertiary/aromatic N) is 2. The second-order valence-electron chi connectivity index (χ2n) is 3.76. The summed E-state index contributed by atoms with van der Waals surface area (Å²) in [5, 5.41) is 14.1. The van der Waals surface area contributed by atoms with E-state index in [1.54, 1.807) is 4.68 Å². The van der Waals surface area contributed by atoms with Gasteiger partial charge in [-0.25, -0.2) is 4.68 Å². The van der Waals surface area contributed by atoms with Gasteiger partial charge in [0, 0.05) is 0 Å². The van der Waals surface area contributed by atoms with E-state index in [2.05, 4.69) is 5.10 Å². The number of thioether (sulfide) groups is 1. The van der Waals surface area contributed by atoms with Gasteiger partial charge < -0.3 is 5.11 Å². The zero-order valence-electron chi connectivity index (χ0n) is 10.0. The van der Waals surface area contributed by atoms with Crippen molar-refractivity contribution in [2.75, 3.05) is 5.75 Å². The summed E-state index contributed by atoms with van der Waals surface area (Å²) in [5.74, 6) is -0.777. The molecule has 18 heavy (non-hydrogen) atoms. The van der Waals surface area contributed by atoms with Crippen molar-refractivity contribution in [3.8, 4) is 5.69 Å². The smallest absolute Gasteiger partial charge is 0.313 e. The predicted molar refractivity (Wildman–Crippen MR) is 71.3 cm³/mol. The van der Waals surface area contributed by atoms with Crippen LogP contribution in [0.1, 0.15) is 12.6 Å². The van der Waals surface area contributed by atoms with Gasteiger partial charge in [-0.15, -0.1) is 0 Å². The predicted octanol–water partition coefficient (Wildman–Crippen LogP) is 2.61. The molecule has 0 radical (unpaired) electrons. The molecule has 94 valence electrons. The van der Waals surface area contributed by atoms with Crippen LogP contribution in [-0.4, -0.2) is 26.6 Å². The van der Waals surface area contributed by atoms with Crippen molar-refractivity contribution in [2.24, 2.45) is 0 Å². The third kappa shape index (κ3) is 2.92. The minimum Gasteiger partial charge on any atom is -0.481 e. The van der Waals surface area contributed by atoms with Crippen molar-refractivity contribution in [2.45, 2.75) is 18.4 Å². The molecule has 0 atom stereocenters. The van der Waals surface area contributed by atoms with E-state index in [0.29, 0.717) is 0 Å². The molecule has 2 aromatic rings. The van der Waals surface area contributed by atoms with Crippen molar-refractivity contribution < 1.29 is 9.90 Å². The summed E-state index contributed by atoms with van der Waals surface area (Å²) in [7, 11) is 0. The Kier molecular flexibility index (Phi) is 4.04. The molecule has 1 heterocycles. The van der Waals surface area contributed by atoms with Crippen molar-refractivity contribution in [1.82, 2.24) is 9.78 Å². The lowest BCUT2D eigenvalue weighted by Crippen LogP contribution is -2.02. The highest BCUT2D eigenvalue weighted by molar-refractivity contribution is 7.99. The largest absolute Gasteiger partial charge is 0.481 e. The van der Waals surface area contributed by atoms with Gasteiger partial charge in [0.25, 0.3) is 0 Å². The number of rotatable bonds is 5. The van der Waals surface area contributed by atoms with Crippen LogP contribution in [-0.2, 0) is 11.2 Å². The van der Waals surface area contributed by atoms with Crippen LogP contribution in [0, 0.1) is 0 Å². The number of hydrogen-bond acceptors (Lipinski definition) is 3. The van der Waals surface area contributed by atoms with Crippen molar-refractivity contribution in [3.63, 3.8) is 0 Å². The van der Waals surface area contributed by atoms with Crippen LogP contribution in [0.2, 0.25) is 0 Å². The van der Waals surface area contributed by atoms with E-state index in [4.69, 9.17) is 5.11 Å². The Labute approximate surface area is 110 Å². The topological polar surface area (TPSA) is 55.1 Å². The fourth-order valence-corrected chi connectivity index (χ4v) is 2.33. The molecule has 1 N–H and O–H groups in total. The Hall–Kier alpha value is -1.75. The lowest BCUT2D eigenvalue weighted by molar-refractivity contribution is -0.133. The summed E-state index contributed by atoms with van der Waals surface area (Å²) >= 11 is 1.29. The van der Waals surface area contributed by atoms with Gasteiger partial charge in [-0.3, -0.25) is 4.79 Å². The zero-order chi connectivity index (χ0) is 13.0. The summed E-state index contributed by atoms with van der Waals surface area (Å²) < 4.78 is 1.80. The number of hydrogen-bond donors (Lipinski definition) is 1. The number of benzene rings is 1. The highest BCUT2D eigenvalue weighted by atomic mass is 32.2. The van der Waals surface area contributed by atoms with Crippen LogP contribution in [0.15, 0.2) is 41.4 Å². The molecule has 2 rings (SSSR count). The van der Waals surface area contributed by atoms with E-state index in [9.17, 15) is 4.79 Å². The Bertz CT molecular complexity index is 537. The highest BCUT2D eigenvalue weighted by Crippen LogP contribution is 2.23. The molecule has 0 bridgehead atoms. The van der Waals surface area contributed by atoms with Gasteiger partial charge in [0.2, 0.25) is 0 Å². The van der Waals surface area contributed by atoms with E-state index >= 15 is 0 Å². The number of aromatic nitrogens is 2. The van der Waals surface area contributed by atoms with Crippen LogP contribution in [0.3, 0.4) is 0 Å². The van der Waals surface area contributed by atoms with Gasteiger partial charge in [-0.2, -0.15) is 5.10 Å². The molecular weight excluding hydrogens is 248 g/mol. The lowest BCUT2D eigenvalue weighted by atomic mass is 10.3. The molecule has 4 nitrogen and oxygen atoms in total. The average molecular weight is 262 g/mol. The summed E-state index contributed by atoms with van der Waals surface area (Å²) in [6, 6.07) is 11.7. The van der Waals surface area contributed by atoms with Crippen molar-refractivity contribution in [1.29, 1.82) is 0 Å². The monoisotopic (exact) mass is 262 g/mol. The molecule has 0 unspecified atom stereocenters. The normalized spacial score (nSPS) is 10.5. The first-order chi connectivity index (χ1) is 8.70. The van der Waals surface area contributed by atoms with E-state index in [1.165, 1.54) is 11.8 Å². The lowest BCUT2D eigenvalue weighted by Gasteiger charge is -2.05. The zero-order valence-corrected chi connectivity index (χ0v) is 10.9. The number of carboxylic acids is 1. The summed E-state index contributed by atoms with van der Waals surface area (Å²) in [6.45, 7) is 2.03. The maximum Gasteiger partial charge on any atom is 0.313 e. The fourth-order valence-electron chi connectivity index (χ4n) is 1.58. The molecule has 0 aliphatic carbocycles. The van der Waals surface area contributed by atoms with E-state index in [0.717, 1.165) is 22.8 Å². The fraction of sp³-hybridized carbons (Fsp3) is 0.231. The molecular formula is C13H14N2O2S. The van der Waals surface area contributed by atoms with Crippen LogP contribution < -0.4 is 0 Å². The minimum atomic E-state index is -0.820. The molecule has 0 amide bonds. The van der Waals surface area contributed by atoms with Crippen LogP contribution >= 0.6 is 11.8 Å². The van der Waals surface area contributed by atoms with Crippen LogP contribution in [0.4, 0.5) is 0 Å². The average Bonchev–Trinajstić information content (AvgIpc) is 2.80. The number of carboxylic acid groups (broad SMARTS) is 1. The molecule has 5 heteroatoms. The third-order valence-corrected chi connectivity index (χ3v) is 3.41. The highest BCUT2D eigenvalue weighted by Gasteiger charge is 2.10. The van der Waals surface area contributed by atoms with Gasteiger partial charge in [0.15, 0.2) is 0 Å². The minimum absolute atomic E-state index is 0.0433. The molecule has 0 fully saturated rings. The quantitative estimate of drug-likeness (QED) is 0.842. The van der Waals surface area contributed by atoms with Gasteiger partial charge in [0.05, 0.1) is 17.1 Å². The molecule has 0 spiro atoms. The summed E-state index contributed by atoms with van der Waals surface area (Å²) in [6.07, 6.45) is 0.834. The Morgan fingerprint density at radius 2 is 2.11 bits per heavy atom. The number of aliphatic carboxylic acids is 1. The van der Waals surface area contributed by atoms with Crippen molar-refractivity contribution >= 4 is 17.7 Å². The van der Waals surface area contributed by atoms with Gasteiger partial charge >= 0.3 is 5.97 Å². The van der Waals surface area contributed by atoms with E-state index < -0.39 is 5.97 Å². The number of aryl methyl sites for hydroxylation is 1. The van der Waals surface area contributed by atoms with E-state index in [1.807, 2.05) is 43.3 Å². The Balaban J connectivity index is 2.33. The van der Waals surface area contributed by atoms with Crippen LogP contribution in [0.25, 0.3) is 5.69 Å².